The summed E-state index contributed by atoms with van der Waals surface area (Å²) in [5.41, 5.74) is 2.47. The van der Waals surface area contributed by atoms with E-state index in [1.807, 2.05) is 12.1 Å². The minimum absolute atomic E-state index is 0.398. The van der Waals surface area contributed by atoms with E-state index in [0.29, 0.717) is 11.7 Å². The molecule has 72 valence electrons. The van der Waals surface area contributed by atoms with Gasteiger partial charge in [-0.3, -0.25) is 0 Å². The van der Waals surface area contributed by atoms with Gasteiger partial charge in [-0.2, -0.15) is 0 Å². The number of hydrogen-bond acceptors (Lipinski definition) is 1. The first-order valence-corrected chi connectivity index (χ1v) is 4.96. The van der Waals surface area contributed by atoms with Crippen LogP contribution in [-0.2, 0) is 6.42 Å². The highest BCUT2D eigenvalue weighted by molar-refractivity contribution is 5.35. The monoisotopic (exact) mass is 178 g/mol. The lowest BCUT2D eigenvalue weighted by Gasteiger charge is -2.08. The Morgan fingerprint density at radius 3 is 2.46 bits per heavy atom. The molecule has 0 atom stereocenters. The van der Waals surface area contributed by atoms with E-state index in [1.165, 1.54) is 11.1 Å². The highest BCUT2D eigenvalue weighted by Crippen LogP contribution is 2.22. The number of benzene rings is 1. The second kappa shape index (κ2) is 4.31. The molecule has 13 heavy (non-hydrogen) atoms. The van der Waals surface area contributed by atoms with Crippen molar-refractivity contribution in [2.24, 2.45) is 0 Å². The molecule has 0 saturated heterocycles. The summed E-state index contributed by atoms with van der Waals surface area (Å²) >= 11 is 0. The number of phenolic OH excluding ortho intramolecular Hbond substituents is 1. The van der Waals surface area contributed by atoms with Gasteiger partial charge in [0.2, 0.25) is 0 Å². The highest BCUT2D eigenvalue weighted by Gasteiger charge is 2.02. The fourth-order valence-electron chi connectivity index (χ4n) is 1.47. The minimum Gasteiger partial charge on any atom is -0.508 e. The van der Waals surface area contributed by atoms with E-state index in [4.69, 9.17) is 0 Å². The molecule has 0 bridgehead atoms. The van der Waals surface area contributed by atoms with Crippen molar-refractivity contribution in [2.75, 3.05) is 0 Å². The Morgan fingerprint density at radius 1 is 1.23 bits per heavy atom. The fraction of sp³-hybridized carbons (Fsp3) is 0.500. The van der Waals surface area contributed by atoms with Gasteiger partial charge in [0.15, 0.2) is 0 Å². The van der Waals surface area contributed by atoms with Crippen LogP contribution in [0.3, 0.4) is 0 Å². The Kier molecular flexibility index (Phi) is 3.35. The van der Waals surface area contributed by atoms with Crippen molar-refractivity contribution >= 4 is 0 Å². The molecule has 0 saturated carbocycles. The van der Waals surface area contributed by atoms with Crippen LogP contribution < -0.4 is 0 Å². The maximum absolute atomic E-state index is 9.47. The van der Waals surface area contributed by atoms with Crippen LogP contribution in [0.4, 0.5) is 0 Å². The van der Waals surface area contributed by atoms with Gasteiger partial charge in [-0.1, -0.05) is 33.3 Å². The molecule has 0 unspecified atom stereocenters. The molecule has 1 rings (SSSR count). The second-order valence-corrected chi connectivity index (χ2v) is 3.84. The zero-order valence-corrected chi connectivity index (χ0v) is 8.67. The number of hydrogen-bond donors (Lipinski definition) is 1. The number of aryl methyl sites for hydroxylation is 1. The Labute approximate surface area is 80.4 Å². The summed E-state index contributed by atoms with van der Waals surface area (Å²) in [6.07, 6.45) is 2.18. The van der Waals surface area contributed by atoms with Crippen molar-refractivity contribution in [2.45, 2.75) is 39.5 Å². The summed E-state index contributed by atoms with van der Waals surface area (Å²) in [7, 11) is 0. The predicted molar refractivity (Wildman–Crippen MR) is 56.2 cm³/mol. The molecule has 0 aliphatic carbocycles. The molecular formula is C12H18O. The summed E-state index contributed by atoms with van der Waals surface area (Å²) in [6, 6.07) is 5.90. The van der Waals surface area contributed by atoms with Crippen molar-refractivity contribution in [3.05, 3.63) is 29.3 Å². The van der Waals surface area contributed by atoms with Crippen LogP contribution in [0.5, 0.6) is 5.75 Å². The van der Waals surface area contributed by atoms with E-state index < -0.39 is 0 Å². The van der Waals surface area contributed by atoms with E-state index in [-0.39, 0.29) is 0 Å². The molecule has 1 nitrogen and oxygen atoms in total. The van der Waals surface area contributed by atoms with Crippen molar-refractivity contribution in [3.8, 4) is 5.75 Å². The first-order valence-electron chi connectivity index (χ1n) is 4.96. The quantitative estimate of drug-likeness (QED) is 0.751. The summed E-state index contributed by atoms with van der Waals surface area (Å²) in [6.45, 7) is 6.44. The van der Waals surface area contributed by atoms with Crippen LogP contribution in [0, 0.1) is 0 Å². The fourth-order valence-corrected chi connectivity index (χ4v) is 1.47. The van der Waals surface area contributed by atoms with Crippen molar-refractivity contribution in [3.63, 3.8) is 0 Å². The number of rotatable bonds is 3. The standard InChI is InChI=1S/C12H18O/c1-4-5-10-6-11(9(2)3)8-12(13)7-10/h6-9,13H,4-5H2,1-3H3. The summed E-state index contributed by atoms with van der Waals surface area (Å²) in [5, 5.41) is 9.47. The molecule has 0 fully saturated rings. The maximum atomic E-state index is 9.47. The molecule has 1 N–H and O–H groups in total. The summed E-state index contributed by atoms with van der Waals surface area (Å²) in [5.74, 6) is 0.886. The maximum Gasteiger partial charge on any atom is 0.116 e. The molecule has 1 aromatic rings. The first-order chi connectivity index (χ1) is 6.13. The van der Waals surface area contributed by atoms with Crippen LogP contribution in [0.15, 0.2) is 18.2 Å². The molecule has 0 radical (unpaired) electrons. The summed E-state index contributed by atoms with van der Waals surface area (Å²) in [4.78, 5) is 0. The zero-order valence-electron chi connectivity index (χ0n) is 8.67. The van der Waals surface area contributed by atoms with E-state index in [1.54, 1.807) is 0 Å². The molecule has 0 spiro atoms. The lowest BCUT2D eigenvalue weighted by atomic mass is 9.99. The largest absolute Gasteiger partial charge is 0.508 e. The van der Waals surface area contributed by atoms with Crippen molar-refractivity contribution in [1.29, 1.82) is 0 Å². The van der Waals surface area contributed by atoms with E-state index in [9.17, 15) is 5.11 Å². The van der Waals surface area contributed by atoms with Gasteiger partial charge in [0.05, 0.1) is 0 Å². The predicted octanol–water partition coefficient (Wildman–Crippen LogP) is 3.47. The lowest BCUT2D eigenvalue weighted by Crippen LogP contribution is -1.90. The van der Waals surface area contributed by atoms with Crippen LogP contribution >= 0.6 is 0 Å². The van der Waals surface area contributed by atoms with E-state index in [2.05, 4.69) is 26.8 Å². The van der Waals surface area contributed by atoms with Gasteiger partial charge in [0.1, 0.15) is 5.75 Å². The van der Waals surface area contributed by atoms with Crippen LogP contribution in [0.2, 0.25) is 0 Å². The van der Waals surface area contributed by atoms with Gasteiger partial charge < -0.3 is 5.11 Å². The van der Waals surface area contributed by atoms with Gasteiger partial charge in [0.25, 0.3) is 0 Å². The highest BCUT2D eigenvalue weighted by atomic mass is 16.3. The summed E-state index contributed by atoms with van der Waals surface area (Å²) < 4.78 is 0. The molecular weight excluding hydrogens is 160 g/mol. The van der Waals surface area contributed by atoms with Gasteiger partial charge in [0, 0.05) is 0 Å². The van der Waals surface area contributed by atoms with Gasteiger partial charge in [-0.05, 0) is 35.6 Å². The van der Waals surface area contributed by atoms with Crippen molar-refractivity contribution < 1.29 is 5.11 Å². The Morgan fingerprint density at radius 2 is 1.92 bits per heavy atom. The average molecular weight is 178 g/mol. The molecule has 0 aliphatic heterocycles. The zero-order chi connectivity index (χ0) is 9.84. The van der Waals surface area contributed by atoms with Gasteiger partial charge >= 0.3 is 0 Å². The lowest BCUT2D eigenvalue weighted by molar-refractivity contribution is 0.473. The molecule has 0 amide bonds. The third-order valence-electron chi connectivity index (χ3n) is 2.21. The topological polar surface area (TPSA) is 20.2 Å². The van der Waals surface area contributed by atoms with Gasteiger partial charge in [-0.25, -0.2) is 0 Å². The Balaban J connectivity index is 2.96. The van der Waals surface area contributed by atoms with Crippen LogP contribution in [0.1, 0.15) is 44.2 Å². The first kappa shape index (κ1) is 10.1. The normalized spacial score (nSPS) is 10.8. The van der Waals surface area contributed by atoms with Crippen LogP contribution in [-0.4, -0.2) is 5.11 Å². The van der Waals surface area contributed by atoms with Gasteiger partial charge in [-0.15, -0.1) is 0 Å². The number of phenols is 1. The third kappa shape index (κ3) is 2.76. The van der Waals surface area contributed by atoms with Crippen molar-refractivity contribution in [1.82, 2.24) is 0 Å². The second-order valence-electron chi connectivity index (χ2n) is 3.84. The third-order valence-corrected chi connectivity index (χ3v) is 2.21. The minimum atomic E-state index is 0.398. The molecule has 1 heteroatoms. The molecule has 0 heterocycles. The smallest absolute Gasteiger partial charge is 0.116 e. The molecule has 1 aromatic carbocycles. The Bertz CT molecular complexity index is 276. The average Bonchev–Trinajstić information content (AvgIpc) is 2.03. The molecule has 0 aliphatic rings. The van der Waals surface area contributed by atoms with E-state index in [0.717, 1.165) is 12.8 Å². The number of aromatic hydroxyl groups is 1. The SMILES string of the molecule is CCCc1cc(O)cc(C(C)C)c1. The van der Waals surface area contributed by atoms with Crippen LogP contribution in [0.25, 0.3) is 0 Å². The van der Waals surface area contributed by atoms with E-state index >= 15 is 0 Å². The Hall–Kier alpha value is -0.980. The molecule has 0 aromatic heterocycles.